The first-order valence-corrected chi connectivity index (χ1v) is 8.16. The molecule has 1 aromatic rings. The third kappa shape index (κ3) is 5.58. The van der Waals surface area contributed by atoms with E-state index in [9.17, 15) is 14.9 Å². The van der Waals surface area contributed by atoms with Crippen LogP contribution in [0.2, 0.25) is 0 Å². The Morgan fingerprint density at radius 3 is 2.62 bits per heavy atom. The number of carbonyl (C=O) groups excluding carboxylic acids is 2. The van der Waals surface area contributed by atoms with Crippen molar-refractivity contribution in [2.75, 3.05) is 18.4 Å². The van der Waals surface area contributed by atoms with Gasteiger partial charge in [0.25, 0.3) is 5.91 Å². The van der Waals surface area contributed by atoms with Gasteiger partial charge in [0.2, 0.25) is 5.91 Å². The van der Waals surface area contributed by atoms with Gasteiger partial charge >= 0.3 is 0 Å². The lowest BCUT2D eigenvalue weighted by molar-refractivity contribution is -0.121. The van der Waals surface area contributed by atoms with E-state index in [-0.39, 0.29) is 24.3 Å². The lowest BCUT2D eigenvalue weighted by Crippen LogP contribution is -2.50. The number of nitrogens with zero attached hydrogens (tertiary/aromatic N) is 1. The molecular formula is C18H26N4O2. The van der Waals surface area contributed by atoms with Crippen molar-refractivity contribution in [2.45, 2.75) is 39.7 Å². The summed E-state index contributed by atoms with van der Waals surface area (Å²) in [6, 6.07) is 9.11. The Balaban J connectivity index is 2.63. The Morgan fingerprint density at radius 2 is 2.04 bits per heavy atom. The van der Waals surface area contributed by atoms with E-state index in [0.717, 1.165) is 6.42 Å². The lowest BCUT2D eigenvalue weighted by Gasteiger charge is -2.27. The maximum atomic E-state index is 12.1. The van der Waals surface area contributed by atoms with Crippen LogP contribution in [0.25, 0.3) is 0 Å². The Kier molecular flexibility index (Phi) is 7.25. The standard InChI is InChI=1S/C18H26N4O2/c1-5-9-20-17(24)14-7-6-8-15(10-14)21-11-16(23)22-18(4,12-19)13(2)3/h6-8,10,13,21H,5,9,11H2,1-4H3,(H,20,24)(H,22,23). The fourth-order valence-corrected chi connectivity index (χ4v) is 1.93. The number of benzene rings is 1. The normalized spacial score (nSPS) is 12.8. The molecule has 24 heavy (non-hydrogen) atoms. The number of carbonyl (C=O) groups is 2. The Morgan fingerprint density at radius 1 is 1.33 bits per heavy atom. The minimum Gasteiger partial charge on any atom is -0.376 e. The highest BCUT2D eigenvalue weighted by molar-refractivity contribution is 5.95. The summed E-state index contributed by atoms with van der Waals surface area (Å²) in [6.45, 7) is 8.12. The van der Waals surface area contributed by atoms with Gasteiger partial charge in [0.1, 0.15) is 5.54 Å². The fourth-order valence-electron chi connectivity index (χ4n) is 1.93. The van der Waals surface area contributed by atoms with Gasteiger partial charge in [0, 0.05) is 17.8 Å². The van der Waals surface area contributed by atoms with Crippen LogP contribution in [-0.2, 0) is 4.79 Å². The number of hydrogen-bond donors (Lipinski definition) is 3. The second-order valence-corrected chi connectivity index (χ2v) is 6.21. The molecule has 130 valence electrons. The zero-order valence-electron chi connectivity index (χ0n) is 14.8. The monoisotopic (exact) mass is 330 g/mol. The third-order valence-corrected chi connectivity index (χ3v) is 3.90. The van der Waals surface area contributed by atoms with Crippen molar-refractivity contribution < 1.29 is 9.59 Å². The molecule has 0 aliphatic rings. The summed E-state index contributed by atoms with van der Waals surface area (Å²) in [5, 5.41) is 17.8. The summed E-state index contributed by atoms with van der Waals surface area (Å²) < 4.78 is 0. The van der Waals surface area contributed by atoms with Crippen LogP contribution in [0.15, 0.2) is 24.3 Å². The number of rotatable bonds is 8. The number of anilines is 1. The number of nitriles is 1. The number of hydrogen-bond acceptors (Lipinski definition) is 4. The molecule has 1 rings (SSSR count). The molecule has 0 radical (unpaired) electrons. The van der Waals surface area contributed by atoms with Crippen molar-refractivity contribution in [1.82, 2.24) is 10.6 Å². The zero-order chi connectivity index (χ0) is 18.2. The van der Waals surface area contributed by atoms with Crippen LogP contribution in [0, 0.1) is 17.2 Å². The zero-order valence-corrected chi connectivity index (χ0v) is 14.8. The van der Waals surface area contributed by atoms with Crippen LogP contribution in [0.1, 0.15) is 44.5 Å². The smallest absolute Gasteiger partial charge is 0.251 e. The summed E-state index contributed by atoms with van der Waals surface area (Å²) in [5.41, 5.74) is 0.316. The van der Waals surface area contributed by atoms with Gasteiger partial charge < -0.3 is 16.0 Å². The molecule has 0 spiro atoms. The lowest BCUT2D eigenvalue weighted by atomic mass is 9.90. The van der Waals surface area contributed by atoms with Gasteiger partial charge in [0.05, 0.1) is 12.6 Å². The van der Waals surface area contributed by atoms with Gasteiger partial charge in [-0.15, -0.1) is 0 Å². The van der Waals surface area contributed by atoms with Gasteiger partial charge in [-0.25, -0.2) is 0 Å². The van der Waals surface area contributed by atoms with Crippen molar-refractivity contribution in [1.29, 1.82) is 5.26 Å². The second-order valence-electron chi connectivity index (χ2n) is 6.21. The van der Waals surface area contributed by atoms with Gasteiger partial charge in [-0.1, -0.05) is 26.8 Å². The van der Waals surface area contributed by atoms with E-state index < -0.39 is 5.54 Å². The SMILES string of the molecule is CCCNC(=O)c1cccc(NCC(=O)NC(C)(C#N)C(C)C)c1. The highest BCUT2D eigenvalue weighted by Crippen LogP contribution is 2.15. The molecule has 0 heterocycles. The molecule has 6 heteroatoms. The first-order chi connectivity index (χ1) is 11.3. The maximum absolute atomic E-state index is 12.1. The number of amides is 2. The predicted octanol–water partition coefficient (Wildman–Crippen LogP) is 2.29. The van der Waals surface area contributed by atoms with E-state index in [4.69, 9.17) is 0 Å². The minimum atomic E-state index is -0.902. The molecule has 3 N–H and O–H groups in total. The van der Waals surface area contributed by atoms with E-state index in [0.29, 0.717) is 17.8 Å². The largest absolute Gasteiger partial charge is 0.376 e. The molecule has 0 fully saturated rings. The van der Waals surface area contributed by atoms with E-state index in [1.165, 1.54) is 0 Å². The van der Waals surface area contributed by atoms with Crippen molar-refractivity contribution in [3.63, 3.8) is 0 Å². The summed E-state index contributed by atoms with van der Waals surface area (Å²) in [5.74, 6) is -0.410. The fraction of sp³-hybridized carbons (Fsp3) is 0.500. The van der Waals surface area contributed by atoms with Crippen molar-refractivity contribution in [3.05, 3.63) is 29.8 Å². The Hall–Kier alpha value is -2.55. The van der Waals surface area contributed by atoms with Crippen LogP contribution in [0.5, 0.6) is 0 Å². The van der Waals surface area contributed by atoms with Gasteiger partial charge in [-0.2, -0.15) is 5.26 Å². The summed E-state index contributed by atoms with van der Waals surface area (Å²) in [4.78, 5) is 24.0. The quantitative estimate of drug-likeness (QED) is 0.681. The maximum Gasteiger partial charge on any atom is 0.251 e. The molecule has 1 atom stereocenters. The van der Waals surface area contributed by atoms with Crippen LogP contribution >= 0.6 is 0 Å². The van der Waals surface area contributed by atoms with Crippen LogP contribution in [0.3, 0.4) is 0 Å². The Bertz CT molecular complexity index is 622. The molecule has 6 nitrogen and oxygen atoms in total. The van der Waals surface area contributed by atoms with E-state index in [1.54, 1.807) is 31.2 Å². The summed E-state index contributed by atoms with van der Waals surface area (Å²) in [6.07, 6.45) is 0.872. The molecule has 0 saturated heterocycles. The van der Waals surface area contributed by atoms with Crippen LogP contribution < -0.4 is 16.0 Å². The predicted molar refractivity (Wildman–Crippen MR) is 94.6 cm³/mol. The van der Waals surface area contributed by atoms with Crippen molar-refractivity contribution in [3.8, 4) is 6.07 Å². The van der Waals surface area contributed by atoms with E-state index in [2.05, 4.69) is 22.0 Å². The average Bonchev–Trinajstić information content (AvgIpc) is 2.57. The highest BCUT2D eigenvalue weighted by Gasteiger charge is 2.29. The molecule has 1 unspecified atom stereocenters. The third-order valence-electron chi connectivity index (χ3n) is 3.90. The molecular weight excluding hydrogens is 304 g/mol. The van der Waals surface area contributed by atoms with Gasteiger partial charge in [0.15, 0.2) is 0 Å². The van der Waals surface area contributed by atoms with Crippen molar-refractivity contribution >= 4 is 17.5 Å². The molecule has 2 amide bonds. The average molecular weight is 330 g/mol. The topological polar surface area (TPSA) is 94.0 Å². The molecule has 0 aliphatic carbocycles. The van der Waals surface area contributed by atoms with Gasteiger partial charge in [-0.3, -0.25) is 9.59 Å². The van der Waals surface area contributed by atoms with E-state index in [1.807, 2.05) is 20.8 Å². The molecule has 0 aromatic heterocycles. The van der Waals surface area contributed by atoms with Crippen LogP contribution in [0.4, 0.5) is 5.69 Å². The summed E-state index contributed by atoms with van der Waals surface area (Å²) >= 11 is 0. The first-order valence-electron chi connectivity index (χ1n) is 8.16. The van der Waals surface area contributed by atoms with E-state index >= 15 is 0 Å². The molecule has 1 aromatic carbocycles. The van der Waals surface area contributed by atoms with Crippen molar-refractivity contribution in [2.24, 2.45) is 5.92 Å². The van der Waals surface area contributed by atoms with Gasteiger partial charge in [-0.05, 0) is 37.5 Å². The highest BCUT2D eigenvalue weighted by atomic mass is 16.2. The summed E-state index contributed by atoms with van der Waals surface area (Å²) in [7, 11) is 0. The Labute approximate surface area is 143 Å². The minimum absolute atomic E-state index is 0.00274. The first kappa shape index (κ1) is 19.5. The number of nitrogens with one attached hydrogen (secondary N) is 3. The second kappa shape index (κ2) is 8.92. The molecule has 0 bridgehead atoms. The van der Waals surface area contributed by atoms with Crippen LogP contribution in [-0.4, -0.2) is 30.4 Å². The molecule has 0 saturated carbocycles. The molecule has 0 aliphatic heterocycles.